The third-order valence-electron chi connectivity index (χ3n) is 2.09. The molecule has 0 aliphatic heterocycles. The smallest absolute Gasteiger partial charge is 0.322 e. The Hall–Kier alpha value is -1.95. The number of methoxy groups -OCH3 is 1. The molecule has 1 rings (SSSR count). The highest BCUT2D eigenvalue weighted by molar-refractivity contribution is 5.75. The van der Waals surface area contributed by atoms with Crippen molar-refractivity contribution in [3.8, 4) is 17.2 Å². The first-order valence-electron chi connectivity index (χ1n) is 4.53. The van der Waals surface area contributed by atoms with Crippen molar-refractivity contribution in [3.63, 3.8) is 0 Å². The van der Waals surface area contributed by atoms with E-state index in [1.165, 1.54) is 19.2 Å². The summed E-state index contributed by atoms with van der Waals surface area (Å²) in [5.74, 6) is -2.12. The van der Waals surface area contributed by atoms with E-state index in [-0.39, 0.29) is 6.42 Å². The first-order chi connectivity index (χ1) is 7.45. The number of nitrogens with two attached hydrogens (primary N) is 1. The number of ether oxygens (including phenoxy) is 1. The maximum Gasteiger partial charge on any atom is 0.322 e. The predicted octanol–water partition coefficient (Wildman–Crippen LogP) is -0.154. The highest BCUT2D eigenvalue weighted by Crippen LogP contribution is 2.35. The van der Waals surface area contributed by atoms with E-state index in [0.717, 1.165) is 0 Å². The monoisotopic (exact) mass is 227 g/mol. The zero-order valence-electron chi connectivity index (χ0n) is 8.67. The molecule has 0 aliphatic rings. The molecule has 1 aromatic carbocycles. The fraction of sp³-hybridized carbons (Fsp3) is 0.300. The lowest BCUT2D eigenvalue weighted by Crippen LogP contribution is -2.33. The van der Waals surface area contributed by atoms with Gasteiger partial charge in [0.05, 0.1) is 7.11 Å². The van der Waals surface area contributed by atoms with Gasteiger partial charge in [-0.3, -0.25) is 4.79 Å². The summed E-state index contributed by atoms with van der Waals surface area (Å²) in [4.78, 5) is 11.0. The Morgan fingerprint density at radius 2 is 1.88 bits per heavy atom. The van der Waals surface area contributed by atoms with Crippen LogP contribution in [0.1, 0.15) is 5.56 Å². The lowest BCUT2D eigenvalue weighted by molar-refractivity contribution is -0.142. The van der Waals surface area contributed by atoms with Crippen molar-refractivity contribution >= 4 is 5.97 Å². The van der Waals surface area contributed by atoms with Gasteiger partial charge in [0.2, 0.25) is 0 Å². The van der Waals surface area contributed by atoms with E-state index >= 15 is 0 Å². The van der Waals surface area contributed by atoms with Gasteiger partial charge in [0.15, 0.2) is 17.2 Å². The van der Waals surface area contributed by atoms with Crippen molar-refractivity contribution in [3.05, 3.63) is 17.7 Å². The first kappa shape index (κ1) is 12.1. The van der Waals surface area contributed by atoms with Gasteiger partial charge in [0.25, 0.3) is 0 Å². The standard InChI is InChI=1S/C10H13NO5/c1-16-10(15)6(11)2-5-3-7(12)9(14)8(13)4-5/h3-4,6,12-14H,2,11H2,1H3. The predicted molar refractivity (Wildman–Crippen MR) is 55.1 cm³/mol. The molecule has 0 heterocycles. The molecule has 1 atom stereocenters. The van der Waals surface area contributed by atoms with Crippen molar-refractivity contribution in [1.29, 1.82) is 0 Å². The normalized spacial score (nSPS) is 12.1. The summed E-state index contributed by atoms with van der Waals surface area (Å²) in [7, 11) is 1.22. The van der Waals surface area contributed by atoms with Gasteiger partial charge < -0.3 is 25.8 Å². The minimum absolute atomic E-state index is 0.0913. The minimum atomic E-state index is -0.881. The maximum atomic E-state index is 11.0. The Morgan fingerprint density at radius 3 is 2.31 bits per heavy atom. The molecule has 6 heteroatoms. The molecule has 0 saturated carbocycles. The lowest BCUT2D eigenvalue weighted by Gasteiger charge is -2.10. The zero-order valence-corrected chi connectivity index (χ0v) is 8.67. The number of carbonyl (C=O) groups is 1. The number of benzene rings is 1. The highest BCUT2D eigenvalue weighted by atomic mass is 16.5. The van der Waals surface area contributed by atoms with Crippen molar-refractivity contribution in [2.75, 3.05) is 7.11 Å². The fourth-order valence-corrected chi connectivity index (χ4v) is 1.27. The van der Waals surface area contributed by atoms with E-state index in [9.17, 15) is 15.0 Å². The van der Waals surface area contributed by atoms with Gasteiger partial charge in [-0.2, -0.15) is 0 Å². The third kappa shape index (κ3) is 2.54. The molecule has 0 aromatic heterocycles. The van der Waals surface area contributed by atoms with Gasteiger partial charge in [0, 0.05) is 0 Å². The molecule has 88 valence electrons. The van der Waals surface area contributed by atoms with Gasteiger partial charge in [-0.25, -0.2) is 0 Å². The zero-order chi connectivity index (χ0) is 12.3. The summed E-state index contributed by atoms with van der Waals surface area (Å²) in [6.45, 7) is 0. The molecular formula is C10H13NO5. The summed E-state index contributed by atoms with van der Waals surface area (Å²) in [5.41, 5.74) is 5.92. The summed E-state index contributed by atoms with van der Waals surface area (Å²) >= 11 is 0. The number of esters is 1. The molecule has 0 fully saturated rings. The van der Waals surface area contributed by atoms with Gasteiger partial charge in [-0.15, -0.1) is 0 Å². The summed E-state index contributed by atoms with van der Waals surface area (Å²) in [5, 5.41) is 27.5. The Balaban J connectivity index is 2.86. The van der Waals surface area contributed by atoms with E-state index < -0.39 is 29.3 Å². The van der Waals surface area contributed by atoms with Crippen LogP contribution in [0.4, 0.5) is 0 Å². The largest absolute Gasteiger partial charge is 0.504 e. The van der Waals surface area contributed by atoms with Crippen LogP contribution in [-0.2, 0) is 16.0 Å². The molecule has 5 N–H and O–H groups in total. The number of hydrogen-bond acceptors (Lipinski definition) is 6. The van der Waals surface area contributed by atoms with Crippen LogP contribution < -0.4 is 5.73 Å². The van der Waals surface area contributed by atoms with Crippen molar-refractivity contribution in [2.24, 2.45) is 5.73 Å². The van der Waals surface area contributed by atoms with Crippen molar-refractivity contribution < 1.29 is 24.9 Å². The Kier molecular flexibility index (Phi) is 3.57. The molecule has 0 bridgehead atoms. The number of rotatable bonds is 3. The second kappa shape index (κ2) is 4.71. The fourth-order valence-electron chi connectivity index (χ4n) is 1.27. The van der Waals surface area contributed by atoms with Crippen molar-refractivity contribution in [2.45, 2.75) is 12.5 Å². The Labute approximate surface area is 91.9 Å². The number of aromatic hydroxyl groups is 3. The van der Waals surface area contributed by atoms with E-state index in [0.29, 0.717) is 5.56 Å². The molecule has 0 aliphatic carbocycles. The third-order valence-corrected chi connectivity index (χ3v) is 2.09. The van der Waals surface area contributed by atoms with Crippen LogP contribution in [0.2, 0.25) is 0 Å². The number of carbonyl (C=O) groups excluding carboxylic acids is 1. The van der Waals surface area contributed by atoms with E-state index in [2.05, 4.69) is 4.74 Å². The van der Waals surface area contributed by atoms with Gasteiger partial charge in [-0.05, 0) is 24.1 Å². The van der Waals surface area contributed by atoms with E-state index in [1.54, 1.807) is 0 Å². The SMILES string of the molecule is COC(=O)C(N)Cc1cc(O)c(O)c(O)c1. The topological polar surface area (TPSA) is 113 Å². The van der Waals surface area contributed by atoms with Crippen molar-refractivity contribution in [1.82, 2.24) is 0 Å². The summed E-state index contributed by atoms with van der Waals surface area (Å²) in [6, 6.07) is 1.56. The second-order valence-electron chi connectivity index (χ2n) is 3.32. The minimum Gasteiger partial charge on any atom is -0.504 e. The molecule has 0 radical (unpaired) electrons. The molecule has 0 saturated heterocycles. The Bertz CT molecular complexity index is 381. The molecule has 16 heavy (non-hydrogen) atoms. The highest BCUT2D eigenvalue weighted by Gasteiger charge is 2.16. The number of phenolic OH excluding ortho intramolecular Hbond substituents is 3. The molecule has 0 spiro atoms. The van der Waals surface area contributed by atoms with Gasteiger partial charge in [0.1, 0.15) is 6.04 Å². The molecule has 1 aromatic rings. The van der Waals surface area contributed by atoms with Crippen LogP contribution in [0.25, 0.3) is 0 Å². The quantitative estimate of drug-likeness (QED) is 0.422. The van der Waals surface area contributed by atoms with E-state index in [4.69, 9.17) is 10.8 Å². The van der Waals surface area contributed by atoms with E-state index in [1.807, 2.05) is 0 Å². The summed E-state index contributed by atoms with van der Waals surface area (Å²) < 4.78 is 4.43. The molecular weight excluding hydrogens is 214 g/mol. The van der Waals surface area contributed by atoms with Crippen LogP contribution in [0.5, 0.6) is 17.2 Å². The second-order valence-corrected chi connectivity index (χ2v) is 3.32. The average molecular weight is 227 g/mol. The first-order valence-corrected chi connectivity index (χ1v) is 4.53. The molecule has 6 nitrogen and oxygen atoms in total. The van der Waals surface area contributed by atoms with Crippen LogP contribution in [0.3, 0.4) is 0 Å². The van der Waals surface area contributed by atoms with Crippen LogP contribution >= 0.6 is 0 Å². The number of phenols is 3. The Morgan fingerprint density at radius 1 is 1.38 bits per heavy atom. The average Bonchev–Trinajstić information content (AvgIpc) is 2.24. The molecule has 1 unspecified atom stereocenters. The molecule has 0 amide bonds. The van der Waals surface area contributed by atoms with Gasteiger partial charge >= 0.3 is 5.97 Å². The van der Waals surface area contributed by atoms with Crippen LogP contribution in [0, 0.1) is 0 Å². The van der Waals surface area contributed by atoms with Gasteiger partial charge in [-0.1, -0.05) is 0 Å². The van der Waals surface area contributed by atoms with Crippen LogP contribution in [-0.4, -0.2) is 34.4 Å². The lowest BCUT2D eigenvalue weighted by atomic mass is 10.1. The summed E-state index contributed by atoms with van der Waals surface area (Å²) in [6.07, 6.45) is 0.0913. The maximum absolute atomic E-state index is 11.0. The number of hydrogen-bond donors (Lipinski definition) is 4. The van der Waals surface area contributed by atoms with Crippen LogP contribution in [0.15, 0.2) is 12.1 Å².